The minimum absolute atomic E-state index is 0.176. The van der Waals surface area contributed by atoms with Gasteiger partial charge >= 0.3 is 0 Å². The van der Waals surface area contributed by atoms with Crippen molar-refractivity contribution in [3.63, 3.8) is 0 Å². The zero-order valence-corrected chi connectivity index (χ0v) is 17.3. The Kier molecular flexibility index (Phi) is 6.17. The quantitative estimate of drug-likeness (QED) is 0.435. The molecule has 4 rings (SSSR count). The summed E-state index contributed by atoms with van der Waals surface area (Å²) in [7, 11) is 0. The normalized spacial score (nSPS) is 10.6. The number of rotatable bonds is 6. The van der Waals surface area contributed by atoms with E-state index in [1.54, 1.807) is 24.3 Å². The Morgan fingerprint density at radius 2 is 1.61 bits per heavy atom. The smallest absolute Gasteiger partial charge is 0.251 e. The third-order valence-electron chi connectivity index (χ3n) is 4.86. The summed E-state index contributed by atoms with van der Waals surface area (Å²) in [5.41, 5.74) is 7.49. The van der Waals surface area contributed by atoms with Crippen molar-refractivity contribution >= 4 is 17.5 Å². The number of amides is 1. The first kappa shape index (κ1) is 21.8. The van der Waals surface area contributed by atoms with E-state index in [9.17, 15) is 18.4 Å². The second-order valence-corrected chi connectivity index (χ2v) is 7.23. The van der Waals surface area contributed by atoms with Gasteiger partial charge < -0.3 is 11.1 Å². The Labute approximate surface area is 188 Å². The molecule has 4 aromatic rings. The van der Waals surface area contributed by atoms with Crippen LogP contribution in [0.5, 0.6) is 0 Å². The Morgan fingerprint density at radius 3 is 2.33 bits per heavy atom. The van der Waals surface area contributed by atoms with Gasteiger partial charge in [-0.15, -0.1) is 0 Å². The molecule has 3 aromatic carbocycles. The van der Waals surface area contributed by atoms with E-state index >= 15 is 0 Å². The minimum Gasteiger partial charge on any atom is -0.382 e. The van der Waals surface area contributed by atoms with E-state index < -0.39 is 17.4 Å². The van der Waals surface area contributed by atoms with E-state index in [4.69, 9.17) is 5.73 Å². The number of anilines is 1. The molecule has 0 radical (unpaired) electrons. The summed E-state index contributed by atoms with van der Waals surface area (Å²) in [5, 5.41) is 2.84. The van der Waals surface area contributed by atoms with Crippen molar-refractivity contribution in [2.75, 3.05) is 5.73 Å². The lowest BCUT2D eigenvalue weighted by atomic mass is 10.1. The molecular weight excluding hydrogens is 426 g/mol. The maximum absolute atomic E-state index is 13.5. The second kappa shape index (κ2) is 9.35. The number of nitrogens with zero attached hydrogens (tertiary/aromatic N) is 2. The molecule has 8 heteroatoms. The van der Waals surface area contributed by atoms with Crippen LogP contribution in [0, 0.1) is 11.6 Å². The minimum atomic E-state index is -0.893. The van der Waals surface area contributed by atoms with Crippen LogP contribution in [0.15, 0.2) is 79.0 Å². The molecule has 0 spiro atoms. The molecule has 6 nitrogen and oxygen atoms in total. The van der Waals surface area contributed by atoms with E-state index in [1.165, 1.54) is 6.20 Å². The van der Waals surface area contributed by atoms with Crippen LogP contribution in [-0.2, 0) is 6.54 Å². The Hall–Kier alpha value is -4.46. The van der Waals surface area contributed by atoms with Gasteiger partial charge in [-0.3, -0.25) is 9.59 Å². The summed E-state index contributed by atoms with van der Waals surface area (Å²) >= 11 is 0. The molecule has 0 bridgehead atoms. The lowest BCUT2D eigenvalue weighted by Crippen LogP contribution is -2.22. The Morgan fingerprint density at radius 1 is 0.879 bits per heavy atom. The van der Waals surface area contributed by atoms with Gasteiger partial charge in [-0.25, -0.2) is 18.7 Å². The monoisotopic (exact) mass is 444 g/mol. The van der Waals surface area contributed by atoms with Crippen LogP contribution < -0.4 is 11.1 Å². The molecule has 0 saturated heterocycles. The second-order valence-electron chi connectivity index (χ2n) is 7.23. The first-order chi connectivity index (χ1) is 15.9. The van der Waals surface area contributed by atoms with Crippen molar-refractivity contribution in [3.05, 3.63) is 113 Å². The largest absolute Gasteiger partial charge is 0.382 e. The molecule has 0 unspecified atom stereocenters. The maximum atomic E-state index is 13.5. The molecule has 0 saturated carbocycles. The van der Waals surface area contributed by atoms with Crippen LogP contribution in [-0.4, -0.2) is 21.7 Å². The average Bonchev–Trinajstić information content (AvgIpc) is 2.82. The zero-order chi connectivity index (χ0) is 23.4. The number of carbonyl (C=O) groups is 2. The van der Waals surface area contributed by atoms with Gasteiger partial charge in [0, 0.05) is 29.3 Å². The number of halogens is 2. The highest BCUT2D eigenvalue weighted by Crippen LogP contribution is 2.22. The Balaban J connectivity index is 1.59. The zero-order valence-electron chi connectivity index (χ0n) is 17.3. The van der Waals surface area contributed by atoms with Crippen molar-refractivity contribution in [3.8, 4) is 11.3 Å². The molecule has 1 aromatic heterocycles. The predicted molar refractivity (Wildman–Crippen MR) is 119 cm³/mol. The molecule has 0 aliphatic rings. The summed E-state index contributed by atoms with van der Waals surface area (Å²) < 4.78 is 27.1. The Bertz CT molecular complexity index is 1320. The molecule has 3 N–H and O–H groups in total. The first-order valence-electron chi connectivity index (χ1n) is 9.96. The van der Waals surface area contributed by atoms with Gasteiger partial charge in [0.15, 0.2) is 11.5 Å². The highest BCUT2D eigenvalue weighted by atomic mass is 19.1. The predicted octanol–water partition coefficient (Wildman–Crippen LogP) is 4.17. The topological polar surface area (TPSA) is 98.0 Å². The third-order valence-corrected chi connectivity index (χ3v) is 4.86. The van der Waals surface area contributed by atoms with Crippen LogP contribution in [0.2, 0.25) is 0 Å². The number of nitrogens with two attached hydrogens (primary N) is 1. The number of hydrogen-bond donors (Lipinski definition) is 2. The fourth-order valence-electron chi connectivity index (χ4n) is 3.23. The summed E-state index contributed by atoms with van der Waals surface area (Å²) in [6.45, 7) is 0.369. The summed E-state index contributed by atoms with van der Waals surface area (Å²) in [6, 6.07) is 18.6. The molecule has 0 aliphatic heterocycles. The van der Waals surface area contributed by atoms with Crippen molar-refractivity contribution < 1.29 is 18.4 Å². The number of aromatic nitrogens is 2. The number of nitrogens with one attached hydrogen (secondary N) is 1. The van der Waals surface area contributed by atoms with Crippen LogP contribution >= 0.6 is 0 Å². The van der Waals surface area contributed by atoms with E-state index in [0.29, 0.717) is 23.7 Å². The van der Waals surface area contributed by atoms with Gasteiger partial charge in [-0.2, -0.15) is 0 Å². The molecular formula is C25H18F2N4O2. The number of ketones is 1. The number of hydrogen-bond acceptors (Lipinski definition) is 5. The van der Waals surface area contributed by atoms with Crippen molar-refractivity contribution in [2.24, 2.45) is 0 Å². The number of nitrogen functional groups attached to an aromatic ring is 1. The summed E-state index contributed by atoms with van der Waals surface area (Å²) in [5.74, 6) is -3.01. The van der Waals surface area contributed by atoms with Crippen LogP contribution in [0.4, 0.5) is 14.6 Å². The van der Waals surface area contributed by atoms with Gasteiger partial charge in [-0.1, -0.05) is 42.5 Å². The lowest BCUT2D eigenvalue weighted by molar-refractivity contribution is 0.0950. The SMILES string of the molecule is Nc1ncc(-c2cccc(C(=O)NCc3ccccc3)c2)nc1C(=O)c1cc(F)cc(F)c1. The number of benzene rings is 3. The molecule has 0 fully saturated rings. The molecule has 1 heterocycles. The first-order valence-corrected chi connectivity index (χ1v) is 9.96. The van der Waals surface area contributed by atoms with Crippen LogP contribution in [0.3, 0.4) is 0 Å². The summed E-state index contributed by atoms with van der Waals surface area (Å²) in [6.07, 6.45) is 1.36. The van der Waals surface area contributed by atoms with Crippen molar-refractivity contribution in [1.29, 1.82) is 0 Å². The van der Waals surface area contributed by atoms with Crippen LogP contribution in [0.25, 0.3) is 11.3 Å². The maximum Gasteiger partial charge on any atom is 0.251 e. The van der Waals surface area contributed by atoms with Crippen molar-refractivity contribution in [2.45, 2.75) is 6.54 Å². The molecule has 1 amide bonds. The van der Waals surface area contributed by atoms with Gasteiger partial charge in [-0.05, 0) is 29.8 Å². The molecule has 0 atom stereocenters. The van der Waals surface area contributed by atoms with E-state index in [1.807, 2.05) is 30.3 Å². The average molecular weight is 444 g/mol. The third kappa shape index (κ3) is 5.07. The van der Waals surface area contributed by atoms with Gasteiger partial charge in [0.25, 0.3) is 5.91 Å². The van der Waals surface area contributed by atoms with E-state index in [-0.39, 0.29) is 28.7 Å². The van der Waals surface area contributed by atoms with E-state index in [0.717, 1.165) is 17.7 Å². The van der Waals surface area contributed by atoms with Gasteiger partial charge in [0.05, 0.1) is 11.9 Å². The highest BCUT2D eigenvalue weighted by Gasteiger charge is 2.19. The highest BCUT2D eigenvalue weighted by molar-refractivity contribution is 6.10. The molecule has 164 valence electrons. The van der Waals surface area contributed by atoms with Crippen LogP contribution in [0.1, 0.15) is 32.0 Å². The van der Waals surface area contributed by atoms with Crippen molar-refractivity contribution in [1.82, 2.24) is 15.3 Å². The fourth-order valence-corrected chi connectivity index (χ4v) is 3.23. The molecule has 33 heavy (non-hydrogen) atoms. The van der Waals surface area contributed by atoms with Gasteiger partial charge in [0.1, 0.15) is 11.6 Å². The fraction of sp³-hybridized carbons (Fsp3) is 0.0400. The summed E-state index contributed by atoms with van der Waals surface area (Å²) in [4.78, 5) is 33.6. The number of carbonyl (C=O) groups excluding carboxylic acids is 2. The lowest BCUT2D eigenvalue weighted by Gasteiger charge is -2.09. The molecule has 0 aliphatic carbocycles. The standard InChI is InChI=1S/C25H18F2N4O2/c26-19-10-18(11-20(27)12-19)23(32)22-24(28)29-14-21(31-22)16-7-4-8-17(9-16)25(33)30-13-15-5-2-1-3-6-15/h1-12,14H,13H2,(H2,28,29)(H,30,33). The van der Waals surface area contributed by atoms with E-state index in [2.05, 4.69) is 15.3 Å². The van der Waals surface area contributed by atoms with Gasteiger partial charge in [0.2, 0.25) is 5.78 Å².